The standard InChI is InChI=1S/C32H36F2N4O11/c1-31(2,3)48-29(44)38(30(45)49-32(4,5)6)16-18-14-19(11-10-17(18)15-35)36-25(40)22(39)24-26(41)37(12-13-46-24)21-9-7-8-20(27(42)43)23(21)47-28(33)34/h7-11,14,22,24,28,39H,12-13,16H2,1-6H3,(H,36,40)(H,42,43)/t22-,24-/m1/s1. The smallest absolute Gasteiger partial charge is 0.420 e. The number of morpholine rings is 1. The number of amides is 4. The number of imide groups is 1. The van der Waals surface area contributed by atoms with Gasteiger partial charge in [0.15, 0.2) is 18.0 Å². The second-order valence-electron chi connectivity index (χ2n) is 12.6. The highest BCUT2D eigenvalue weighted by Crippen LogP contribution is 2.35. The molecule has 0 unspecified atom stereocenters. The second-order valence-corrected chi connectivity index (χ2v) is 12.6. The molecule has 0 aliphatic carbocycles. The van der Waals surface area contributed by atoms with Gasteiger partial charge in [-0.3, -0.25) is 9.59 Å². The number of aliphatic hydroxyl groups is 1. The molecular weight excluding hydrogens is 654 g/mol. The molecule has 15 nitrogen and oxygen atoms in total. The first-order chi connectivity index (χ1) is 22.7. The number of halogens is 2. The van der Waals surface area contributed by atoms with E-state index in [2.05, 4.69) is 10.1 Å². The number of carbonyl (C=O) groups excluding carboxylic acids is 4. The highest BCUT2D eigenvalue weighted by atomic mass is 19.3. The molecule has 4 amide bonds. The Bertz CT molecular complexity index is 1620. The summed E-state index contributed by atoms with van der Waals surface area (Å²) in [7, 11) is 0. The predicted octanol–water partition coefficient (Wildman–Crippen LogP) is 4.26. The molecule has 1 saturated heterocycles. The summed E-state index contributed by atoms with van der Waals surface area (Å²) in [4.78, 5) is 65.6. The molecule has 2 atom stereocenters. The molecule has 0 aromatic heterocycles. The van der Waals surface area contributed by atoms with Gasteiger partial charge in [-0.15, -0.1) is 0 Å². The van der Waals surface area contributed by atoms with Crippen LogP contribution < -0.4 is 15.0 Å². The summed E-state index contributed by atoms with van der Waals surface area (Å²) >= 11 is 0. The molecule has 49 heavy (non-hydrogen) atoms. The number of rotatable bonds is 9. The number of anilines is 2. The van der Waals surface area contributed by atoms with E-state index in [1.54, 1.807) is 41.5 Å². The van der Waals surface area contributed by atoms with E-state index in [-0.39, 0.29) is 35.7 Å². The van der Waals surface area contributed by atoms with Crippen LogP contribution in [0.25, 0.3) is 0 Å². The van der Waals surface area contributed by atoms with Gasteiger partial charge in [0.1, 0.15) is 16.8 Å². The lowest BCUT2D eigenvalue weighted by atomic mass is 10.1. The van der Waals surface area contributed by atoms with Crippen molar-refractivity contribution in [3.63, 3.8) is 0 Å². The van der Waals surface area contributed by atoms with Crippen LogP contribution in [0.15, 0.2) is 36.4 Å². The largest absolute Gasteiger partial charge is 0.478 e. The van der Waals surface area contributed by atoms with Crippen LogP contribution in [0.5, 0.6) is 5.75 Å². The third kappa shape index (κ3) is 10.1. The lowest BCUT2D eigenvalue weighted by Crippen LogP contribution is -2.55. The number of carboxylic acids is 1. The maximum absolute atomic E-state index is 13.4. The van der Waals surface area contributed by atoms with Gasteiger partial charge in [-0.1, -0.05) is 6.07 Å². The van der Waals surface area contributed by atoms with E-state index >= 15 is 0 Å². The number of carboxylic acid groups (broad SMARTS) is 1. The van der Waals surface area contributed by atoms with Crippen LogP contribution in [-0.2, 0) is 30.3 Å². The second kappa shape index (κ2) is 15.3. The summed E-state index contributed by atoms with van der Waals surface area (Å²) in [6, 6.07) is 9.12. The van der Waals surface area contributed by atoms with Crippen LogP contribution in [0.3, 0.4) is 0 Å². The molecule has 17 heteroatoms. The maximum Gasteiger partial charge on any atom is 0.420 e. The van der Waals surface area contributed by atoms with Crippen molar-refractivity contribution in [2.45, 2.75) is 78.1 Å². The number of hydrogen-bond donors (Lipinski definition) is 3. The number of carbonyl (C=O) groups is 5. The van der Waals surface area contributed by atoms with Gasteiger partial charge in [-0.2, -0.15) is 14.0 Å². The minimum absolute atomic E-state index is 0.0162. The number of nitrogens with one attached hydrogen (secondary N) is 1. The van der Waals surface area contributed by atoms with E-state index in [0.29, 0.717) is 4.90 Å². The Morgan fingerprint density at radius 1 is 1.08 bits per heavy atom. The van der Waals surface area contributed by atoms with Gasteiger partial charge < -0.3 is 39.4 Å². The maximum atomic E-state index is 13.4. The molecule has 0 saturated carbocycles. The zero-order chi connectivity index (χ0) is 36.8. The van der Waals surface area contributed by atoms with Gasteiger partial charge >= 0.3 is 24.8 Å². The van der Waals surface area contributed by atoms with Crippen LogP contribution in [0, 0.1) is 11.3 Å². The third-order valence-corrected chi connectivity index (χ3v) is 6.45. The Balaban J connectivity index is 1.87. The Morgan fingerprint density at radius 3 is 2.22 bits per heavy atom. The van der Waals surface area contributed by atoms with E-state index in [1.165, 1.54) is 24.3 Å². The van der Waals surface area contributed by atoms with Crippen LogP contribution in [0.4, 0.5) is 29.7 Å². The third-order valence-electron chi connectivity index (χ3n) is 6.45. The van der Waals surface area contributed by atoms with Crippen molar-refractivity contribution in [3.05, 3.63) is 53.1 Å². The first-order valence-corrected chi connectivity index (χ1v) is 14.7. The number of nitrogens with zero attached hydrogens (tertiary/aromatic N) is 3. The number of para-hydroxylation sites is 1. The van der Waals surface area contributed by atoms with E-state index in [9.17, 15) is 48.2 Å². The topological polar surface area (TPSA) is 205 Å². The van der Waals surface area contributed by atoms with E-state index in [1.807, 2.05) is 6.07 Å². The Kier molecular flexibility index (Phi) is 11.9. The zero-order valence-corrected chi connectivity index (χ0v) is 27.5. The number of aliphatic hydroxyl groups excluding tert-OH is 1. The van der Waals surface area contributed by atoms with Crippen LogP contribution >= 0.6 is 0 Å². The SMILES string of the molecule is CC(C)(C)OC(=O)N(Cc1cc(NC(=O)[C@H](O)[C@H]2OCCN(c3cccc(C(=O)O)c3OC(F)F)C2=O)ccc1C#N)C(=O)OC(C)(C)C. The molecule has 2 aromatic carbocycles. The van der Waals surface area contributed by atoms with Crippen molar-refractivity contribution in [1.29, 1.82) is 5.26 Å². The van der Waals surface area contributed by atoms with E-state index < -0.39 is 77.8 Å². The number of benzene rings is 2. The van der Waals surface area contributed by atoms with Crippen LogP contribution in [0.2, 0.25) is 0 Å². The van der Waals surface area contributed by atoms with Crippen LogP contribution in [0.1, 0.15) is 63.0 Å². The normalized spacial score (nSPS) is 15.6. The van der Waals surface area contributed by atoms with E-state index in [4.69, 9.17) is 14.2 Å². The Labute approximate surface area is 279 Å². The van der Waals surface area contributed by atoms with E-state index in [0.717, 1.165) is 17.0 Å². The molecule has 0 bridgehead atoms. The number of alkyl halides is 2. The molecule has 1 heterocycles. The first-order valence-electron chi connectivity index (χ1n) is 14.7. The summed E-state index contributed by atoms with van der Waals surface area (Å²) < 4.78 is 46.8. The molecule has 3 N–H and O–H groups in total. The van der Waals surface area contributed by atoms with Crippen molar-refractivity contribution in [2.24, 2.45) is 0 Å². The average Bonchev–Trinajstić information content (AvgIpc) is 2.97. The number of aromatic carboxylic acids is 1. The zero-order valence-electron chi connectivity index (χ0n) is 27.5. The first kappa shape index (κ1) is 38.1. The van der Waals surface area contributed by atoms with Gasteiger partial charge in [0, 0.05) is 12.2 Å². The molecule has 3 rings (SSSR count). The average molecular weight is 691 g/mol. The molecule has 0 radical (unpaired) electrons. The van der Waals surface area contributed by atoms with Crippen molar-refractivity contribution in [3.8, 4) is 11.8 Å². The quantitative estimate of drug-likeness (QED) is 0.338. The highest BCUT2D eigenvalue weighted by Gasteiger charge is 2.41. The fraction of sp³-hybridized carbons (Fsp3) is 0.438. The Morgan fingerprint density at radius 2 is 1.69 bits per heavy atom. The van der Waals surface area contributed by atoms with Gasteiger partial charge in [0.2, 0.25) is 0 Å². The van der Waals surface area contributed by atoms with Gasteiger partial charge in [-0.05, 0) is 77.4 Å². The predicted molar refractivity (Wildman–Crippen MR) is 166 cm³/mol. The van der Waals surface area contributed by atoms with Crippen molar-refractivity contribution in [2.75, 3.05) is 23.4 Å². The highest BCUT2D eigenvalue weighted by molar-refractivity contribution is 6.05. The Hall–Kier alpha value is -5.34. The minimum atomic E-state index is -3.43. The molecule has 264 valence electrons. The molecule has 0 spiro atoms. The molecule has 2 aromatic rings. The molecule has 1 aliphatic rings. The number of ether oxygens (including phenoxy) is 4. The summed E-state index contributed by atoms with van der Waals surface area (Å²) in [6.45, 7) is 5.04. The monoisotopic (exact) mass is 690 g/mol. The molecule has 1 fully saturated rings. The van der Waals surface area contributed by atoms with Gasteiger partial charge in [0.25, 0.3) is 11.8 Å². The van der Waals surface area contributed by atoms with Gasteiger partial charge in [0.05, 0.1) is 30.5 Å². The van der Waals surface area contributed by atoms with Crippen LogP contribution in [-0.4, -0.2) is 88.3 Å². The summed E-state index contributed by atoms with van der Waals surface area (Å²) in [5.41, 5.74) is -2.91. The van der Waals surface area contributed by atoms with Crippen molar-refractivity contribution < 1.29 is 61.9 Å². The number of hydrogen-bond acceptors (Lipinski definition) is 11. The van der Waals surface area contributed by atoms with Crippen molar-refractivity contribution >= 4 is 41.3 Å². The minimum Gasteiger partial charge on any atom is -0.478 e. The van der Waals surface area contributed by atoms with Gasteiger partial charge in [-0.25, -0.2) is 19.3 Å². The fourth-order valence-corrected chi connectivity index (χ4v) is 4.46. The molecular formula is C32H36F2N4O11. The fourth-order valence-electron chi connectivity index (χ4n) is 4.46. The van der Waals surface area contributed by atoms with Crippen molar-refractivity contribution in [1.82, 2.24) is 4.90 Å². The lowest BCUT2D eigenvalue weighted by Gasteiger charge is -2.35. The summed E-state index contributed by atoms with van der Waals surface area (Å²) in [6.07, 6.45) is -6.15. The summed E-state index contributed by atoms with van der Waals surface area (Å²) in [5, 5.41) is 32.4. The molecule has 1 aliphatic heterocycles. The number of nitriles is 1. The summed E-state index contributed by atoms with van der Waals surface area (Å²) in [5.74, 6) is -4.61. The lowest BCUT2D eigenvalue weighted by molar-refractivity contribution is -0.150.